The van der Waals surface area contributed by atoms with Crippen LogP contribution in [0, 0.1) is 0 Å². The number of ether oxygens (including phenoxy) is 1. The molecule has 3 rings (SSSR count). The molecular weight excluding hydrogens is 244 g/mol. The van der Waals surface area contributed by atoms with Crippen LogP contribution in [-0.4, -0.2) is 34.8 Å². The molecule has 102 valence electrons. The highest BCUT2D eigenvalue weighted by Crippen LogP contribution is 2.29. The molecule has 0 bridgehead atoms. The highest BCUT2D eigenvalue weighted by Gasteiger charge is 2.41. The summed E-state index contributed by atoms with van der Waals surface area (Å²) < 4.78 is 5.07. The average Bonchev–Trinajstić information content (AvgIpc) is 2.99. The maximum atomic E-state index is 11.8. The van der Waals surface area contributed by atoms with E-state index in [0.29, 0.717) is 18.5 Å². The fraction of sp³-hybridized carbons (Fsp3) is 0.615. The van der Waals surface area contributed by atoms with E-state index in [2.05, 4.69) is 15.3 Å². The van der Waals surface area contributed by atoms with Gasteiger partial charge in [-0.2, -0.15) is 0 Å². The first-order valence-electron chi connectivity index (χ1n) is 6.60. The summed E-state index contributed by atoms with van der Waals surface area (Å²) in [5.41, 5.74) is 0.561. The van der Waals surface area contributed by atoms with Crippen molar-refractivity contribution in [3.8, 4) is 0 Å². The summed E-state index contributed by atoms with van der Waals surface area (Å²) in [6.07, 6.45) is 5.31. The largest absolute Gasteiger partial charge is 0.447 e. The Morgan fingerprint density at radius 3 is 2.79 bits per heavy atom. The first kappa shape index (κ1) is 12.3. The maximum Gasteiger partial charge on any atom is 0.416 e. The average molecular weight is 262 g/mol. The molecule has 6 nitrogen and oxygen atoms in total. The minimum atomic E-state index is -0.376. The molecule has 2 aliphatic rings. The first-order chi connectivity index (χ1) is 9.08. The molecule has 2 saturated heterocycles. The van der Waals surface area contributed by atoms with E-state index in [1.165, 1.54) is 6.42 Å². The fourth-order valence-corrected chi connectivity index (χ4v) is 2.58. The lowest BCUT2D eigenvalue weighted by atomic mass is 10.1. The smallest absolute Gasteiger partial charge is 0.416 e. The van der Waals surface area contributed by atoms with Crippen LogP contribution in [0.3, 0.4) is 0 Å². The van der Waals surface area contributed by atoms with Crippen molar-refractivity contribution in [3.63, 3.8) is 0 Å². The molecule has 2 aliphatic heterocycles. The summed E-state index contributed by atoms with van der Waals surface area (Å²) in [4.78, 5) is 22.1. The third kappa shape index (κ3) is 2.16. The van der Waals surface area contributed by atoms with Crippen LogP contribution in [0.4, 0.5) is 10.6 Å². The summed E-state index contributed by atoms with van der Waals surface area (Å²) in [6.45, 7) is 5.30. The Morgan fingerprint density at radius 1 is 1.42 bits per heavy atom. The Morgan fingerprint density at radius 2 is 2.26 bits per heavy atom. The van der Waals surface area contributed by atoms with E-state index >= 15 is 0 Å². The Hall–Kier alpha value is -1.69. The molecule has 2 fully saturated rings. The van der Waals surface area contributed by atoms with E-state index in [-0.39, 0.29) is 11.6 Å². The normalized spacial score (nSPS) is 25.7. The molecule has 1 atom stereocenters. The quantitative estimate of drug-likeness (QED) is 0.877. The molecule has 1 amide bonds. The summed E-state index contributed by atoms with van der Waals surface area (Å²) in [7, 11) is 0. The van der Waals surface area contributed by atoms with Crippen molar-refractivity contribution in [2.45, 2.75) is 38.3 Å². The van der Waals surface area contributed by atoms with Crippen LogP contribution >= 0.6 is 0 Å². The zero-order valence-electron chi connectivity index (χ0n) is 11.2. The molecule has 1 aromatic heterocycles. The molecule has 0 radical (unpaired) electrons. The number of rotatable bonds is 2. The van der Waals surface area contributed by atoms with Crippen molar-refractivity contribution >= 4 is 11.9 Å². The number of nitrogens with zero attached hydrogens (tertiary/aromatic N) is 3. The lowest BCUT2D eigenvalue weighted by Crippen LogP contribution is -2.42. The highest BCUT2D eigenvalue weighted by molar-refractivity contribution is 5.89. The number of carbonyl (C=O) groups excluding carboxylic acids is 1. The van der Waals surface area contributed by atoms with Crippen LogP contribution in [-0.2, 0) is 4.74 Å². The molecule has 6 heteroatoms. The lowest BCUT2D eigenvalue weighted by Gasteiger charge is -2.26. The van der Waals surface area contributed by atoms with Gasteiger partial charge in [-0.15, -0.1) is 0 Å². The topological polar surface area (TPSA) is 67.3 Å². The van der Waals surface area contributed by atoms with Gasteiger partial charge < -0.3 is 10.1 Å². The van der Waals surface area contributed by atoms with Gasteiger partial charge >= 0.3 is 6.09 Å². The van der Waals surface area contributed by atoms with Gasteiger partial charge in [0.05, 0.1) is 29.7 Å². The third-order valence-electron chi connectivity index (χ3n) is 3.64. The van der Waals surface area contributed by atoms with Gasteiger partial charge in [0.2, 0.25) is 0 Å². The zero-order chi connectivity index (χ0) is 13.5. The van der Waals surface area contributed by atoms with E-state index in [1.54, 1.807) is 17.3 Å². The standard InChI is InChI=1S/C13H18N4O2/c1-13(2)8-19-12(18)17(13)11-7-15-10(6-16-11)9-4-3-5-14-9/h6-7,9,14H,3-5,8H2,1-2H3. The van der Waals surface area contributed by atoms with Crippen molar-refractivity contribution in [2.24, 2.45) is 0 Å². The van der Waals surface area contributed by atoms with Gasteiger partial charge in [0.1, 0.15) is 6.61 Å². The number of anilines is 1. The number of nitrogens with one attached hydrogen (secondary N) is 1. The maximum absolute atomic E-state index is 11.8. The van der Waals surface area contributed by atoms with Gasteiger partial charge in [-0.3, -0.25) is 9.88 Å². The van der Waals surface area contributed by atoms with E-state index in [1.807, 2.05) is 13.8 Å². The van der Waals surface area contributed by atoms with E-state index in [0.717, 1.165) is 18.7 Å². The molecule has 1 aromatic rings. The van der Waals surface area contributed by atoms with E-state index < -0.39 is 0 Å². The Labute approximate surface area is 112 Å². The van der Waals surface area contributed by atoms with Gasteiger partial charge in [-0.1, -0.05) is 0 Å². The fourth-order valence-electron chi connectivity index (χ4n) is 2.58. The molecule has 3 heterocycles. The SMILES string of the molecule is CC1(C)COC(=O)N1c1cnc(C2CCCN2)cn1. The van der Waals surface area contributed by atoms with Crippen molar-refractivity contribution in [3.05, 3.63) is 18.1 Å². The summed E-state index contributed by atoms with van der Waals surface area (Å²) >= 11 is 0. The first-order valence-corrected chi connectivity index (χ1v) is 6.60. The van der Waals surface area contributed by atoms with Crippen LogP contribution < -0.4 is 10.2 Å². The summed E-state index contributed by atoms with van der Waals surface area (Å²) in [5.74, 6) is 0.550. The number of hydrogen-bond acceptors (Lipinski definition) is 5. The second-order valence-electron chi connectivity index (χ2n) is 5.65. The summed E-state index contributed by atoms with van der Waals surface area (Å²) in [6, 6.07) is 0.292. The number of amides is 1. The van der Waals surface area contributed by atoms with Crippen molar-refractivity contribution in [2.75, 3.05) is 18.1 Å². The van der Waals surface area contributed by atoms with Crippen molar-refractivity contribution < 1.29 is 9.53 Å². The van der Waals surface area contributed by atoms with Crippen molar-refractivity contribution in [1.82, 2.24) is 15.3 Å². The van der Waals surface area contributed by atoms with Crippen LogP contribution in [0.25, 0.3) is 0 Å². The number of carbonyl (C=O) groups is 1. The second kappa shape index (κ2) is 4.45. The molecule has 0 saturated carbocycles. The number of hydrogen-bond donors (Lipinski definition) is 1. The molecule has 0 aliphatic carbocycles. The van der Waals surface area contributed by atoms with Gasteiger partial charge in [-0.05, 0) is 33.2 Å². The van der Waals surface area contributed by atoms with Gasteiger partial charge in [0.15, 0.2) is 5.82 Å². The Balaban J connectivity index is 1.84. The summed E-state index contributed by atoms with van der Waals surface area (Å²) in [5, 5.41) is 3.38. The molecular formula is C13H18N4O2. The van der Waals surface area contributed by atoms with Crippen LogP contribution in [0.15, 0.2) is 12.4 Å². The minimum Gasteiger partial charge on any atom is -0.447 e. The molecule has 19 heavy (non-hydrogen) atoms. The van der Waals surface area contributed by atoms with Gasteiger partial charge in [0.25, 0.3) is 0 Å². The van der Waals surface area contributed by atoms with Crippen LogP contribution in [0.5, 0.6) is 0 Å². The highest BCUT2D eigenvalue weighted by atomic mass is 16.6. The molecule has 0 aromatic carbocycles. The second-order valence-corrected chi connectivity index (χ2v) is 5.65. The predicted octanol–water partition coefficient (Wildman–Crippen LogP) is 1.64. The Kier molecular flexibility index (Phi) is 2.89. The molecule has 0 spiro atoms. The van der Waals surface area contributed by atoms with Gasteiger partial charge in [-0.25, -0.2) is 9.78 Å². The van der Waals surface area contributed by atoms with Crippen molar-refractivity contribution in [1.29, 1.82) is 0 Å². The third-order valence-corrected chi connectivity index (χ3v) is 3.64. The molecule has 1 unspecified atom stereocenters. The zero-order valence-corrected chi connectivity index (χ0v) is 11.2. The number of cyclic esters (lactones) is 1. The minimum absolute atomic E-state index is 0.292. The predicted molar refractivity (Wildman–Crippen MR) is 69.9 cm³/mol. The number of aromatic nitrogens is 2. The molecule has 1 N–H and O–H groups in total. The van der Waals surface area contributed by atoms with E-state index in [9.17, 15) is 4.79 Å². The van der Waals surface area contributed by atoms with Gasteiger partial charge in [0, 0.05) is 0 Å². The Bertz CT molecular complexity index is 480. The van der Waals surface area contributed by atoms with Crippen LogP contribution in [0.2, 0.25) is 0 Å². The monoisotopic (exact) mass is 262 g/mol. The van der Waals surface area contributed by atoms with Crippen LogP contribution in [0.1, 0.15) is 38.4 Å². The van der Waals surface area contributed by atoms with E-state index in [4.69, 9.17) is 4.74 Å². The lowest BCUT2D eigenvalue weighted by molar-refractivity contribution is 0.175.